The molecule has 0 spiro atoms. The van der Waals surface area contributed by atoms with Crippen LogP contribution in [0.4, 0.5) is 0 Å². The van der Waals surface area contributed by atoms with Gasteiger partial charge in [-0.1, -0.05) is 20.8 Å². The molecule has 0 aromatic rings. The summed E-state index contributed by atoms with van der Waals surface area (Å²) in [4.78, 5) is 23.1. The summed E-state index contributed by atoms with van der Waals surface area (Å²) in [6.07, 6.45) is 0.562. The van der Waals surface area contributed by atoms with Crippen molar-refractivity contribution in [3.63, 3.8) is 0 Å². The van der Waals surface area contributed by atoms with E-state index >= 15 is 0 Å². The summed E-state index contributed by atoms with van der Waals surface area (Å²) >= 11 is 0. The Hall–Kier alpha value is -1.32. The molecule has 4 nitrogen and oxygen atoms in total. The minimum Gasteiger partial charge on any atom is -0.489 e. The van der Waals surface area contributed by atoms with Crippen LogP contribution < -0.4 is 0 Å². The lowest BCUT2D eigenvalue weighted by atomic mass is 9.90. The number of hydrogen-bond donors (Lipinski definition) is 0. The summed E-state index contributed by atoms with van der Waals surface area (Å²) in [5, 5.41) is 0. The molecule has 1 heterocycles. The zero-order chi connectivity index (χ0) is 12.3. The Morgan fingerprint density at radius 1 is 1.44 bits per heavy atom. The van der Waals surface area contributed by atoms with Crippen molar-refractivity contribution in [3.05, 3.63) is 11.3 Å². The van der Waals surface area contributed by atoms with Crippen LogP contribution in [-0.2, 0) is 19.1 Å². The number of carbonyl (C=O) groups excluding carboxylic acids is 2. The van der Waals surface area contributed by atoms with E-state index in [4.69, 9.17) is 9.47 Å². The van der Waals surface area contributed by atoms with Gasteiger partial charge in [-0.05, 0) is 12.3 Å². The van der Waals surface area contributed by atoms with E-state index in [0.717, 1.165) is 0 Å². The maximum atomic E-state index is 11.6. The predicted molar refractivity (Wildman–Crippen MR) is 58.7 cm³/mol. The average Bonchev–Trinajstić information content (AvgIpc) is 2.44. The first kappa shape index (κ1) is 12.7. The van der Waals surface area contributed by atoms with Crippen molar-refractivity contribution in [3.8, 4) is 0 Å². The predicted octanol–water partition coefficient (Wildman–Crippen LogP) is 1.84. The van der Waals surface area contributed by atoms with Crippen LogP contribution in [0.25, 0.3) is 0 Å². The van der Waals surface area contributed by atoms with Gasteiger partial charge >= 0.3 is 5.97 Å². The normalized spacial score (nSPS) is 16.4. The maximum Gasteiger partial charge on any atom is 0.345 e. The fourth-order valence-electron chi connectivity index (χ4n) is 1.50. The molecule has 0 unspecified atom stereocenters. The number of carbonyl (C=O) groups is 2. The van der Waals surface area contributed by atoms with Crippen molar-refractivity contribution in [2.24, 2.45) is 5.41 Å². The highest BCUT2D eigenvalue weighted by molar-refractivity contribution is 6.19. The molecule has 0 saturated carbocycles. The highest BCUT2D eigenvalue weighted by Gasteiger charge is 2.33. The van der Waals surface area contributed by atoms with Gasteiger partial charge in [0.1, 0.15) is 11.3 Å². The first-order valence-electron chi connectivity index (χ1n) is 5.41. The van der Waals surface area contributed by atoms with E-state index in [9.17, 15) is 9.59 Å². The minimum atomic E-state index is -0.566. The van der Waals surface area contributed by atoms with Gasteiger partial charge in [0.05, 0.1) is 6.61 Å². The molecule has 0 bridgehead atoms. The monoisotopic (exact) mass is 226 g/mol. The van der Waals surface area contributed by atoms with Crippen LogP contribution >= 0.6 is 0 Å². The third kappa shape index (κ3) is 3.08. The van der Waals surface area contributed by atoms with Crippen LogP contribution in [0.2, 0.25) is 0 Å². The van der Waals surface area contributed by atoms with Crippen LogP contribution in [-0.4, -0.2) is 25.0 Å². The van der Waals surface area contributed by atoms with E-state index in [1.54, 1.807) is 6.92 Å². The second-order valence-corrected chi connectivity index (χ2v) is 4.97. The Bertz CT molecular complexity index is 333. The highest BCUT2D eigenvalue weighted by Crippen LogP contribution is 2.30. The van der Waals surface area contributed by atoms with Gasteiger partial charge in [-0.2, -0.15) is 0 Å². The average molecular weight is 226 g/mol. The molecule has 4 heteroatoms. The van der Waals surface area contributed by atoms with E-state index in [-0.39, 0.29) is 30.0 Å². The molecule has 1 aliphatic rings. The lowest BCUT2D eigenvalue weighted by molar-refractivity contribution is -0.139. The van der Waals surface area contributed by atoms with Gasteiger partial charge in [0.15, 0.2) is 6.61 Å². The van der Waals surface area contributed by atoms with Crippen molar-refractivity contribution in [2.45, 2.75) is 34.1 Å². The van der Waals surface area contributed by atoms with Crippen molar-refractivity contribution in [2.75, 3.05) is 13.2 Å². The largest absolute Gasteiger partial charge is 0.489 e. The molecule has 0 aliphatic carbocycles. The fourth-order valence-corrected chi connectivity index (χ4v) is 1.50. The van der Waals surface area contributed by atoms with Crippen molar-refractivity contribution < 1.29 is 19.1 Å². The molecule has 0 radical (unpaired) electrons. The number of esters is 1. The molecule has 0 aromatic heterocycles. The van der Waals surface area contributed by atoms with Crippen molar-refractivity contribution in [1.29, 1.82) is 0 Å². The van der Waals surface area contributed by atoms with E-state index < -0.39 is 5.97 Å². The Labute approximate surface area is 95.6 Å². The lowest BCUT2D eigenvalue weighted by Crippen LogP contribution is -2.16. The quantitative estimate of drug-likeness (QED) is 0.544. The summed E-state index contributed by atoms with van der Waals surface area (Å²) in [5.41, 5.74) is 0.0642. The molecule has 0 atom stereocenters. The standard InChI is InChI=1S/C12H18O4/c1-5-15-11(14)10-8(13)7-16-9(10)6-12(2,3)4/h5-7H2,1-4H3. The van der Waals surface area contributed by atoms with Crippen LogP contribution in [0.5, 0.6) is 0 Å². The summed E-state index contributed by atoms with van der Waals surface area (Å²) < 4.78 is 10.1. The van der Waals surface area contributed by atoms with Gasteiger partial charge in [-0.15, -0.1) is 0 Å². The van der Waals surface area contributed by atoms with Crippen LogP contribution in [0.1, 0.15) is 34.1 Å². The topological polar surface area (TPSA) is 52.6 Å². The molecule has 0 fully saturated rings. The molecule has 0 N–H and O–H groups in total. The third-order valence-corrected chi connectivity index (χ3v) is 2.11. The second-order valence-electron chi connectivity index (χ2n) is 4.97. The Kier molecular flexibility index (Phi) is 3.73. The smallest absolute Gasteiger partial charge is 0.345 e. The Morgan fingerprint density at radius 2 is 2.06 bits per heavy atom. The SMILES string of the molecule is CCOC(=O)C1=C(CC(C)(C)C)OCC1=O. The molecule has 1 rings (SSSR count). The zero-order valence-corrected chi connectivity index (χ0v) is 10.3. The summed E-state index contributed by atoms with van der Waals surface area (Å²) in [7, 11) is 0. The minimum absolute atomic E-state index is 0.0301. The Balaban J connectivity index is 2.92. The van der Waals surface area contributed by atoms with Crippen molar-refractivity contribution >= 4 is 11.8 Å². The molecular formula is C12H18O4. The van der Waals surface area contributed by atoms with Gasteiger partial charge in [0.25, 0.3) is 0 Å². The molecule has 0 amide bonds. The van der Waals surface area contributed by atoms with Gasteiger partial charge in [-0.25, -0.2) is 4.79 Å². The summed E-state index contributed by atoms with van der Waals surface area (Å²) in [6.45, 7) is 8.00. The van der Waals surface area contributed by atoms with Gasteiger partial charge in [0, 0.05) is 6.42 Å². The van der Waals surface area contributed by atoms with E-state index in [0.29, 0.717) is 12.2 Å². The summed E-state index contributed by atoms with van der Waals surface area (Å²) in [5.74, 6) is -0.377. The number of rotatable bonds is 3. The van der Waals surface area contributed by atoms with Crippen molar-refractivity contribution in [1.82, 2.24) is 0 Å². The first-order valence-corrected chi connectivity index (χ1v) is 5.41. The van der Waals surface area contributed by atoms with Crippen LogP contribution in [0.3, 0.4) is 0 Å². The lowest BCUT2D eigenvalue weighted by Gasteiger charge is -2.18. The number of ether oxygens (including phenoxy) is 2. The molecule has 90 valence electrons. The van der Waals surface area contributed by atoms with Gasteiger partial charge in [-0.3, -0.25) is 4.79 Å². The summed E-state index contributed by atoms with van der Waals surface area (Å²) in [6, 6.07) is 0. The second kappa shape index (κ2) is 4.68. The molecular weight excluding hydrogens is 208 g/mol. The number of ketones is 1. The third-order valence-electron chi connectivity index (χ3n) is 2.11. The van der Waals surface area contributed by atoms with E-state index in [2.05, 4.69) is 0 Å². The number of Topliss-reactive ketones (excluding diaryl/α,β-unsaturated/α-hetero) is 1. The van der Waals surface area contributed by atoms with Gasteiger partial charge < -0.3 is 9.47 Å². The zero-order valence-electron chi connectivity index (χ0n) is 10.3. The van der Waals surface area contributed by atoms with Gasteiger partial charge in [0.2, 0.25) is 5.78 Å². The first-order chi connectivity index (χ1) is 7.35. The maximum absolute atomic E-state index is 11.6. The Morgan fingerprint density at radius 3 is 2.56 bits per heavy atom. The highest BCUT2D eigenvalue weighted by atomic mass is 16.5. The number of hydrogen-bond acceptors (Lipinski definition) is 4. The van der Waals surface area contributed by atoms with Crippen LogP contribution in [0, 0.1) is 5.41 Å². The van der Waals surface area contributed by atoms with Crippen LogP contribution in [0.15, 0.2) is 11.3 Å². The van der Waals surface area contributed by atoms with E-state index in [1.807, 2.05) is 20.8 Å². The molecule has 1 aliphatic heterocycles. The molecule has 16 heavy (non-hydrogen) atoms. The molecule has 0 aromatic carbocycles. The molecule has 0 saturated heterocycles. The fraction of sp³-hybridized carbons (Fsp3) is 0.667. The van der Waals surface area contributed by atoms with E-state index in [1.165, 1.54) is 0 Å². The number of allylic oxidation sites excluding steroid dienone is 1.